The second-order valence-corrected chi connectivity index (χ2v) is 10.1. The van der Waals surface area contributed by atoms with Gasteiger partial charge in [-0.2, -0.15) is 5.10 Å². The van der Waals surface area contributed by atoms with Crippen molar-refractivity contribution in [3.63, 3.8) is 0 Å². The van der Waals surface area contributed by atoms with Gasteiger partial charge in [0, 0.05) is 18.7 Å². The lowest BCUT2D eigenvalue weighted by molar-refractivity contribution is -0.121. The van der Waals surface area contributed by atoms with Crippen LogP contribution in [0, 0.1) is 17.8 Å². The number of piperidine rings is 1. The first-order valence-electron chi connectivity index (χ1n) is 12.3. The normalized spacial score (nSPS) is 24.3. The number of nitrogens with zero attached hydrogens (tertiary/aromatic N) is 3. The van der Waals surface area contributed by atoms with Crippen LogP contribution >= 0.6 is 0 Å². The molecule has 0 unspecified atom stereocenters. The molecule has 3 rings (SSSR count). The van der Waals surface area contributed by atoms with Gasteiger partial charge in [0.15, 0.2) is 0 Å². The van der Waals surface area contributed by atoms with Crippen molar-refractivity contribution < 1.29 is 4.79 Å². The molecule has 1 saturated heterocycles. The zero-order valence-electron chi connectivity index (χ0n) is 19.1. The molecule has 2 heterocycles. The third-order valence-corrected chi connectivity index (χ3v) is 7.48. The van der Waals surface area contributed by atoms with E-state index in [0.717, 1.165) is 31.2 Å². The van der Waals surface area contributed by atoms with E-state index in [1.807, 2.05) is 6.20 Å². The average molecular weight is 402 g/mol. The molecule has 0 amide bonds. The molecule has 4 heteroatoms. The van der Waals surface area contributed by atoms with E-state index in [0.29, 0.717) is 17.6 Å². The Balaban J connectivity index is 1.22. The molecular weight excluding hydrogens is 358 g/mol. The number of unbranched alkanes of at least 4 members (excludes halogenated alkanes) is 2. The molecule has 4 nitrogen and oxygen atoms in total. The summed E-state index contributed by atoms with van der Waals surface area (Å²) in [5.74, 6) is 3.04. The van der Waals surface area contributed by atoms with Gasteiger partial charge in [0.1, 0.15) is 5.78 Å². The number of hydrogen-bond donors (Lipinski definition) is 0. The van der Waals surface area contributed by atoms with Crippen LogP contribution in [0.5, 0.6) is 0 Å². The van der Waals surface area contributed by atoms with E-state index in [-0.39, 0.29) is 0 Å². The Morgan fingerprint density at radius 1 is 1.03 bits per heavy atom. The van der Waals surface area contributed by atoms with Gasteiger partial charge in [-0.3, -0.25) is 9.48 Å². The molecule has 0 radical (unpaired) electrons. The van der Waals surface area contributed by atoms with Gasteiger partial charge in [-0.25, -0.2) is 0 Å². The monoisotopic (exact) mass is 401 g/mol. The third kappa shape index (κ3) is 7.24. The van der Waals surface area contributed by atoms with Gasteiger partial charge >= 0.3 is 0 Å². The fraction of sp³-hybridized carbons (Fsp3) is 0.840. The summed E-state index contributed by atoms with van der Waals surface area (Å²) in [6.07, 6.45) is 17.3. The van der Waals surface area contributed by atoms with Crippen LogP contribution in [0.25, 0.3) is 0 Å². The van der Waals surface area contributed by atoms with Gasteiger partial charge in [-0.05, 0) is 94.8 Å². The number of hydrogen-bond acceptors (Lipinski definition) is 3. The van der Waals surface area contributed by atoms with Gasteiger partial charge in [0.25, 0.3) is 0 Å². The minimum atomic E-state index is 0.375. The van der Waals surface area contributed by atoms with Gasteiger partial charge in [-0.1, -0.05) is 33.1 Å². The fourth-order valence-corrected chi connectivity index (χ4v) is 5.24. The predicted molar refractivity (Wildman–Crippen MR) is 120 cm³/mol. The molecule has 0 N–H and O–H groups in total. The molecule has 1 aromatic rings. The van der Waals surface area contributed by atoms with Crippen molar-refractivity contribution in [1.82, 2.24) is 14.7 Å². The summed E-state index contributed by atoms with van der Waals surface area (Å²) in [4.78, 5) is 14.2. The van der Waals surface area contributed by atoms with Gasteiger partial charge < -0.3 is 4.90 Å². The largest absolute Gasteiger partial charge is 0.303 e. The highest BCUT2D eigenvalue weighted by Crippen LogP contribution is 2.32. The summed E-state index contributed by atoms with van der Waals surface area (Å²) >= 11 is 0. The lowest BCUT2D eigenvalue weighted by Crippen LogP contribution is -2.35. The van der Waals surface area contributed by atoms with Crippen LogP contribution in [0.4, 0.5) is 0 Å². The SMILES string of the molecule is CC(=O)C1CCC(CCCCCN2CCC(Cn3cc(C(C)C)cn3)CC2)CC1. The van der Waals surface area contributed by atoms with Crippen molar-refractivity contribution in [2.24, 2.45) is 17.8 Å². The maximum atomic E-state index is 11.5. The number of likely N-dealkylation sites (tertiary alicyclic amines) is 1. The van der Waals surface area contributed by atoms with Crippen molar-refractivity contribution in [2.75, 3.05) is 19.6 Å². The number of aromatic nitrogens is 2. The maximum absolute atomic E-state index is 11.5. The lowest BCUT2D eigenvalue weighted by atomic mass is 9.78. The van der Waals surface area contributed by atoms with Crippen LogP contribution in [-0.4, -0.2) is 40.1 Å². The van der Waals surface area contributed by atoms with Crippen molar-refractivity contribution >= 4 is 5.78 Å². The third-order valence-electron chi connectivity index (χ3n) is 7.48. The highest BCUT2D eigenvalue weighted by atomic mass is 16.1. The Hall–Kier alpha value is -1.16. The van der Waals surface area contributed by atoms with E-state index in [1.54, 1.807) is 6.92 Å². The summed E-state index contributed by atoms with van der Waals surface area (Å²) in [7, 11) is 0. The first-order chi connectivity index (χ1) is 14.0. The van der Waals surface area contributed by atoms with Crippen molar-refractivity contribution in [3.8, 4) is 0 Å². The van der Waals surface area contributed by atoms with Crippen molar-refractivity contribution in [1.29, 1.82) is 0 Å². The standard InChI is InChI=1S/C25H43N3O/c1-20(2)25-17-26-28(19-25)18-23-12-15-27(16-13-23)14-6-4-5-7-22-8-10-24(11-9-22)21(3)29/h17,19-20,22-24H,4-16,18H2,1-3H3. The van der Waals surface area contributed by atoms with Gasteiger partial charge in [0.2, 0.25) is 0 Å². The zero-order chi connectivity index (χ0) is 20.6. The summed E-state index contributed by atoms with van der Waals surface area (Å²) < 4.78 is 2.17. The molecule has 1 saturated carbocycles. The van der Waals surface area contributed by atoms with Crippen molar-refractivity contribution in [3.05, 3.63) is 18.0 Å². The topological polar surface area (TPSA) is 38.1 Å². The molecule has 2 aliphatic rings. The Morgan fingerprint density at radius 3 is 2.38 bits per heavy atom. The molecule has 0 spiro atoms. The minimum Gasteiger partial charge on any atom is -0.303 e. The van der Waals surface area contributed by atoms with E-state index in [2.05, 4.69) is 34.7 Å². The van der Waals surface area contributed by atoms with Crippen LogP contribution in [0.2, 0.25) is 0 Å². The van der Waals surface area contributed by atoms with Crippen LogP contribution in [-0.2, 0) is 11.3 Å². The van der Waals surface area contributed by atoms with Crippen LogP contribution in [0.3, 0.4) is 0 Å². The second kappa shape index (κ2) is 11.3. The van der Waals surface area contributed by atoms with E-state index >= 15 is 0 Å². The summed E-state index contributed by atoms with van der Waals surface area (Å²) in [6.45, 7) is 11.1. The van der Waals surface area contributed by atoms with Crippen LogP contribution in [0.1, 0.15) is 96.5 Å². The van der Waals surface area contributed by atoms with Crippen molar-refractivity contribution in [2.45, 2.75) is 97.4 Å². The number of ketones is 1. The molecule has 1 aliphatic carbocycles. The maximum Gasteiger partial charge on any atom is 0.132 e. The number of carbonyl (C=O) groups excluding carboxylic acids is 1. The molecule has 0 aromatic carbocycles. The Labute approximate surface area is 178 Å². The summed E-state index contributed by atoms with van der Waals surface area (Å²) in [5, 5.41) is 4.56. The van der Waals surface area contributed by atoms with Gasteiger partial charge in [-0.15, -0.1) is 0 Å². The molecule has 2 fully saturated rings. The molecule has 0 atom stereocenters. The lowest BCUT2D eigenvalue weighted by Gasteiger charge is -2.32. The highest BCUT2D eigenvalue weighted by Gasteiger charge is 2.23. The average Bonchev–Trinajstić information content (AvgIpc) is 3.18. The smallest absolute Gasteiger partial charge is 0.132 e. The first-order valence-corrected chi connectivity index (χ1v) is 12.3. The fourth-order valence-electron chi connectivity index (χ4n) is 5.24. The second-order valence-electron chi connectivity index (χ2n) is 10.1. The quantitative estimate of drug-likeness (QED) is 0.474. The van der Waals surface area contributed by atoms with Crippen LogP contribution < -0.4 is 0 Å². The van der Waals surface area contributed by atoms with E-state index in [4.69, 9.17) is 0 Å². The molecule has 29 heavy (non-hydrogen) atoms. The minimum absolute atomic E-state index is 0.375. The highest BCUT2D eigenvalue weighted by molar-refractivity contribution is 5.78. The summed E-state index contributed by atoms with van der Waals surface area (Å²) in [6, 6.07) is 0. The number of rotatable bonds is 10. The molecule has 1 aliphatic heterocycles. The number of Topliss-reactive ketones (excluding diaryl/α,β-unsaturated/α-hetero) is 1. The molecular formula is C25H43N3O. The van der Waals surface area contributed by atoms with Gasteiger partial charge in [0.05, 0.1) is 6.20 Å². The Morgan fingerprint density at radius 2 is 1.76 bits per heavy atom. The Bertz CT molecular complexity index is 607. The van der Waals surface area contributed by atoms with E-state index in [1.165, 1.54) is 76.6 Å². The first kappa shape index (κ1) is 22.5. The molecule has 0 bridgehead atoms. The predicted octanol–water partition coefficient (Wildman–Crippen LogP) is 5.67. The van der Waals surface area contributed by atoms with E-state index in [9.17, 15) is 4.79 Å². The van der Waals surface area contributed by atoms with Crippen LogP contribution in [0.15, 0.2) is 12.4 Å². The van der Waals surface area contributed by atoms with E-state index < -0.39 is 0 Å². The Kier molecular flexibility index (Phi) is 8.77. The molecule has 164 valence electrons. The summed E-state index contributed by atoms with van der Waals surface area (Å²) in [5.41, 5.74) is 1.36. The zero-order valence-corrected chi connectivity index (χ0v) is 19.1. The number of carbonyl (C=O) groups is 1. The molecule has 1 aromatic heterocycles.